The van der Waals surface area contributed by atoms with Gasteiger partial charge in [-0.1, -0.05) is 32.9 Å². The SMILES string of the molecule is Cc1cc(C(C)(C)C)ccc1Oc1cnccc1CN. The van der Waals surface area contributed by atoms with Gasteiger partial charge in [-0.2, -0.15) is 0 Å². The monoisotopic (exact) mass is 270 g/mol. The first-order valence-electron chi connectivity index (χ1n) is 6.84. The van der Waals surface area contributed by atoms with Gasteiger partial charge in [-0.25, -0.2) is 0 Å². The predicted octanol–water partition coefficient (Wildman–Crippen LogP) is 3.94. The molecule has 0 bridgehead atoms. The van der Waals surface area contributed by atoms with Crippen LogP contribution in [0, 0.1) is 6.92 Å². The van der Waals surface area contributed by atoms with Crippen LogP contribution in [-0.4, -0.2) is 4.98 Å². The average Bonchev–Trinajstić information content (AvgIpc) is 2.40. The van der Waals surface area contributed by atoms with Crippen LogP contribution in [0.1, 0.15) is 37.5 Å². The summed E-state index contributed by atoms with van der Waals surface area (Å²) in [4.78, 5) is 4.10. The van der Waals surface area contributed by atoms with Gasteiger partial charge in [0.2, 0.25) is 0 Å². The molecule has 0 saturated heterocycles. The van der Waals surface area contributed by atoms with Crippen LogP contribution < -0.4 is 10.5 Å². The summed E-state index contributed by atoms with van der Waals surface area (Å²) in [5.74, 6) is 1.57. The number of nitrogens with two attached hydrogens (primary N) is 1. The van der Waals surface area contributed by atoms with Crippen molar-refractivity contribution in [2.45, 2.75) is 39.7 Å². The molecule has 1 heterocycles. The standard InChI is InChI=1S/C17H22N2O/c1-12-9-14(17(2,3)4)5-6-15(12)20-16-11-19-8-7-13(16)10-18/h5-9,11H,10,18H2,1-4H3. The van der Waals surface area contributed by atoms with Gasteiger partial charge in [-0.05, 0) is 35.6 Å². The van der Waals surface area contributed by atoms with E-state index in [1.54, 1.807) is 12.4 Å². The van der Waals surface area contributed by atoms with E-state index in [0.717, 1.165) is 22.6 Å². The summed E-state index contributed by atoms with van der Waals surface area (Å²) in [5, 5.41) is 0. The van der Waals surface area contributed by atoms with Gasteiger partial charge >= 0.3 is 0 Å². The number of pyridine rings is 1. The third-order valence-electron chi connectivity index (χ3n) is 3.35. The number of hydrogen-bond acceptors (Lipinski definition) is 3. The van der Waals surface area contributed by atoms with Crippen LogP contribution in [0.5, 0.6) is 11.5 Å². The molecule has 0 fully saturated rings. The normalized spacial score (nSPS) is 11.4. The highest BCUT2D eigenvalue weighted by Crippen LogP contribution is 2.31. The molecule has 0 unspecified atom stereocenters. The molecule has 1 aromatic heterocycles. The third-order valence-corrected chi connectivity index (χ3v) is 3.35. The minimum Gasteiger partial charge on any atom is -0.455 e. The number of aromatic nitrogens is 1. The van der Waals surface area contributed by atoms with Crippen LogP contribution >= 0.6 is 0 Å². The third kappa shape index (κ3) is 3.17. The maximum atomic E-state index is 5.96. The van der Waals surface area contributed by atoms with Crippen molar-refractivity contribution in [3.05, 3.63) is 53.3 Å². The second kappa shape index (κ2) is 5.63. The van der Waals surface area contributed by atoms with E-state index in [2.05, 4.69) is 44.8 Å². The fourth-order valence-corrected chi connectivity index (χ4v) is 2.02. The average molecular weight is 270 g/mol. The molecule has 20 heavy (non-hydrogen) atoms. The molecule has 0 aliphatic heterocycles. The highest BCUT2D eigenvalue weighted by atomic mass is 16.5. The first-order chi connectivity index (χ1) is 9.41. The van der Waals surface area contributed by atoms with Crippen LogP contribution in [0.15, 0.2) is 36.7 Å². The zero-order valence-electron chi connectivity index (χ0n) is 12.6. The Balaban J connectivity index is 2.31. The number of benzene rings is 1. The van der Waals surface area contributed by atoms with Crippen LogP contribution in [-0.2, 0) is 12.0 Å². The minimum absolute atomic E-state index is 0.139. The lowest BCUT2D eigenvalue weighted by atomic mass is 9.86. The topological polar surface area (TPSA) is 48.1 Å². The molecule has 3 heteroatoms. The Labute approximate surface area is 120 Å². The van der Waals surface area contributed by atoms with E-state index in [-0.39, 0.29) is 5.41 Å². The summed E-state index contributed by atoms with van der Waals surface area (Å²) in [6, 6.07) is 8.19. The van der Waals surface area contributed by atoms with Gasteiger partial charge in [-0.3, -0.25) is 4.98 Å². The molecule has 106 valence electrons. The second-order valence-electron chi connectivity index (χ2n) is 6.02. The number of nitrogens with zero attached hydrogens (tertiary/aromatic N) is 1. The van der Waals surface area contributed by atoms with Crippen molar-refractivity contribution in [1.29, 1.82) is 0 Å². The molecule has 0 saturated carbocycles. The summed E-state index contributed by atoms with van der Waals surface area (Å²) < 4.78 is 5.96. The Bertz CT molecular complexity index is 600. The number of hydrogen-bond donors (Lipinski definition) is 1. The van der Waals surface area contributed by atoms with Crippen molar-refractivity contribution in [2.75, 3.05) is 0 Å². The molecule has 0 aliphatic carbocycles. The zero-order chi connectivity index (χ0) is 14.8. The molecular formula is C17H22N2O. The molecule has 0 radical (unpaired) electrons. The van der Waals surface area contributed by atoms with Crippen molar-refractivity contribution < 1.29 is 4.74 Å². The summed E-state index contributed by atoms with van der Waals surface area (Å²) >= 11 is 0. The van der Waals surface area contributed by atoms with Gasteiger partial charge in [0.15, 0.2) is 0 Å². The van der Waals surface area contributed by atoms with Crippen molar-refractivity contribution >= 4 is 0 Å². The first kappa shape index (κ1) is 14.5. The molecule has 2 N–H and O–H groups in total. The zero-order valence-corrected chi connectivity index (χ0v) is 12.6. The van der Waals surface area contributed by atoms with Crippen LogP contribution in [0.4, 0.5) is 0 Å². The highest BCUT2D eigenvalue weighted by Gasteiger charge is 2.15. The Morgan fingerprint density at radius 2 is 1.90 bits per heavy atom. The highest BCUT2D eigenvalue weighted by molar-refractivity contribution is 5.42. The van der Waals surface area contributed by atoms with Gasteiger partial charge in [0.1, 0.15) is 11.5 Å². The van der Waals surface area contributed by atoms with E-state index >= 15 is 0 Å². The Morgan fingerprint density at radius 1 is 1.15 bits per heavy atom. The molecule has 3 nitrogen and oxygen atoms in total. The fraction of sp³-hybridized carbons (Fsp3) is 0.353. The van der Waals surface area contributed by atoms with Gasteiger partial charge in [-0.15, -0.1) is 0 Å². The smallest absolute Gasteiger partial charge is 0.150 e. The maximum absolute atomic E-state index is 5.96. The van der Waals surface area contributed by atoms with Crippen molar-refractivity contribution in [2.24, 2.45) is 5.73 Å². The van der Waals surface area contributed by atoms with Gasteiger partial charge in [0.25, 0.3) is 0 Å². The molecule has 1 aromatic carbocycles. The fourth-order valence-electron chi connectivity index (χ4n) is 2.02. The number of rotatable bonds is 3. The molecule has 2 rings (SSSR count). The number of ether oxygens (including phenoxy) is 1. The minimum atomic E-state index is 0.139. The first-order valence-corrected chi connectivity index (χ1v) is 6.84. The van der Waals surface area contributed by atoms with Gasteiger partial charge in [0, 0.05) is 18.3 Å². The van der Waals surface area contributed by atoms with Crippen LogP contribution in [0.25, 0.3) is 0 Å². The van der Waals surface area contributed by atoms with E-state index in [4.69, 9.17) is 10.5 Å². The van der Waals surface area contributed by atoms with Crippen molar-refractivity contribution in [1.82, 2.24) is 4.98 Å². The summed E-state index contributed by atoms with van der Waals surface area (Å²) in [6.07, 6.45) is 3.43. The summed E-state index contributed by atoms with van der Waals surface area (Å²) in [5.41, 5.74) is 9.23. The van der Waals surface area contributed by atoms with Crippen LogP contribution in [0.2, 0.25) is 0 Å². The predicted molar refractivity (Wildman–Crippen MR) is 82.1 cm³/mol. The van der Waals surface area contributed by atoms with E-state index in [9.17, 15) is 0 Å². The van der Waals surface area contributed by atoms with E-state index < -0.39 is 0 Å². The van der Waals surface area contributed by atoms with Gasteiger partial charge < -0.3 is 10.5 Å². The quantitative estimate of drug-likeness (QED) is 0.919. The van der Waals surface area contributed by atoms with Crippen LogP contribution in [0.3, 0.4) is 0 Å². The molecule has 0 spiro atoms. The lowest BCUT2D eigenvalue weighted by molar-refractivity contribution is 0.469. The summed E-state index contributed by atoms with van der Waals surface area (Å²) in [7, 11) is 0. The van der Waals surface area contributed by atoms with E-state index in [0.29, 0.717) is 6.54 Å². The Kier molecular flexibility index (Phi) is 4.09. The van der Waals surface area contributed by atoms with Gasteiger partial charge in [0.05, 0.1) is 6.20 Å². The molecule has 0 atom stereocenters. The molecular weight excluding hydrogens is 248 g/mol. The lowest BCUT2D eigenvalue weighted by Gasteiger charge is -2.20. The Hall–Kier alpha value is -1.87. The number of aryl methyl sites for hydroxylation is 1. The second-order valence-corrected chi connectivity index (χ2v) is 6.02. The summed E-state index contributed by atoms with van der Waals surface area (Å²) in [6.45, 7) is 9.11. The lowest BCUT2D eigenvalue weighted by Crippen LogP contribution is -2.11. The maximum Gasteiger partial charge on any atom is 0.150 e. The molecule has 0 amide bonds. The van der Waals surface area contributed by atoms with E-state index in [1.807, 2.05) is 12.1 Å². The van der Waals surface area contributed by atoms with E-state index in [1.165, 1.54) is 5.56 Å². The van der Waals surface area contributed by atoms with Crippen molar-refractivity contribution in [3.63, 3.8) is 0 Å². The van der Waals surface area contributed by atoms with Crippen molar-refractivity contribution in [3.8, 4) is 11.5 Å². The largest absolute Gasteiger partial charge is 0.455 e. The molecule has 2 aromatic rings. The molecule has 0 aliphatic rings. The Morgan fingerprint density at radius 3 is 2.50 bits per heavy atom.